The molecule has 0 saturated carbocycles. The zero-order valence-corrected chi connectivity index (χ0v) is 14.5. The summed E-state index contributed by atoms with van der Waals surface area (Å²) in [6, 6.07) is 15.0. The van der Waals surface area contributed by atoms with Gasteiger partial charge in [0.15, 0.2) is 0 Å². The molecule has 0 aromatic heterocycles. The van der Waals surface area contributed by atoms with Crippen LogP contribution in [-0.2, 0) is 22.4 Å². The number of rotatable bonds is 8. The van der Waals surface area contributed by atoms with Crippen LogP contribution in [0.3, 0.4) is 0 Å². The van der Waals surface area contributed by atoms with Gasteiger partial charge in [0.1, 0.15) is 5.75 Å². The first-order valence-corrected chi connectivity index (χ1v) is 8.16. The second-order valence-corrected chi connectivity index (χ2v) is 6.06. The van der Waals surface area contributed by atoms with Crippen LogP contribution in [-0.4, -0.2) is 30.6 Å². The van der Waals surface area contributed by atoms with Gasteiger partial charge in [-0.25, -0.2) is 0 Å². The highest BCUT2D eigenvalue weighted by Crippen LogP contribution is 2.13. The molecular formula is C20H23NO4. The maximum atomic E-state index is 12.1. The number of ether oxygens (including phenoxy) is 1. The van der Waals surface area contributed by atoms with Crippen molar-refractivity contribution in [3.8, 4) is 5.75 Å². The Bertz CT molecular complexity index is 725. The predicted octanol–water partition coefficient (Wildman–Crippen LogP) is 2.61. The second-order valence-electron chi connectivity index (χ2n) is 6.06. The van der Waals surface area contributed by atoms with Gasteiger partial charge in [0.05, 0.1) is 19.4 Å². The summed E-state index contributed by atoms with van der Waals surface area (Å²) in [6.45, 7) is 2.08. The largest absolute Gasteiger partial charge is 0.497 e. The number of carboxylic acid groups (broad SMARTS) is 1. The minimum atomic E-state index is -0.911. The van der Waals surface area contributed by atoms with Gasteiger partial charge in [-0.1, -0.05) is 42.0 Å². The number of carboxylic acids is 1. The fourth-order valence-corrected chi connectivity index (χ4v) is 2.60. The normalized spacial score (nSPS) is 11.6. The Kier molecular flexibility index (Phi) is 6.57. The topological polar surface area (TPSA) is 75.6 Å². The number of methoxy groups -OCH3 is 1. The molecule has 5 heteroatoms. The van der Waals surface area contributed by atoms with E-state index in [1.165, 1.54) is 0 Å². The fraction of sp³-hybridized carbons (Fsp3) is 0.300. The van der Waals surface area contributed by atoms with Gasteiger partial charge < -0.3 is 15.2 Å². The monoisotopic (exact) mass is 341 g/mol. The predicted molar refractivity (Wildman–Crippen MR) is 95.7 cm³/mol. The SMILES string of the molecule is COc1ccc(CC(=O)NCC(Cc2cccc(C)c2)C(=O)O)cc1. The first-order chi connectivity index (χ1) is 12.0. The molecule has 132 valence electrons. The molecule has 25 heavy (non-hydrogen) atoms. The van der Waals surface area contributed by atoms with Crippen molar-refractivity contribution in [1.29, 1.82) is 0 Å². The number of carbonyl (C=O) groups excluding carboxylic acids is 1. The molecule has 1 unspecified atom stereocenters. The van der Waals surface area contributed by atoms with Gasteiger partial charge >= 0.3 is 5.97 Å². The molecule has 0 saturated heterocycles. The van der Waals surface area contributed by atoms with E-state index in [0.717, 1.165) is 22.4 Å². The molecule has 0 bridgehead atoms. The summed E-state index contributed by atoms with van der Waals surface area (Å²) in [6.07, 6.45) is 0.598. The number of amides is 1. The van der Waals surface area contributed by atoms with Crippen molar-refractivity contribution >= 4 is 11.9 Å². The van der Waals surface area contributed by atoms with Crippen molar-refractivity contribution in [2.45, 2.75) is 19.8 Å². The molecular weight excluding hydrogens is 318 g/mol. The van der Waals surface area contributed by atoms with Crippen LogP contribution in [0.25, 0.3) is 0 Å². The molecule has 1 atom stereocenters. The number of carbonyl (C=O) groups is 2. The summed E-state index contributed by atoms with van der Waals surface area (Å²) in [5, 5.41) is 12.1. The average Bonchev–Trinajstić information content (AvgIpc) is 2.59. The summed E-state index contributed by atoms with van der Waals surface area (Å²) in [7, 11) is 1.59. The van der Waals surface area contributed by atoms with Crippen molar-refractivity contribution < 1.29 is 19.4 Å². The molecule has 0 heterocycles. The van der Waals surface area contributed by atoms with Crippen LogP contribution in [0.4, 0.5) is 0 Å². The summed E-state index contributed by atoms with van der Waals surface area (Å²) in [5.41, 5.74) is 2.89. The minimum absolute atomic E-state index is 0.109. The Balaban J connectivity index is 1.89. The summed E-state index contributed by atoms with van der Waals surface area (Å²) in [4.78, 5) is 23.5. The van der Waals surface area contributed by atoms with E-state index in [9.17, 15) is 14.7 Å². The van der Waals surface area contributed by atoms with Crippen molar-refractivity contribution in [2.24, 2.45) is 5.92 Å². The highest BCUT2D eigenvalue weighted by Gasteiger charge is 2.19. The van der Waals surface area contributed by atoms with Crippen LogP contribution in [0.2, 0.25) is 0 Å². The van der Waals surface area contributed by atoms with Gasteiger partial charge in [-0.2, -0.15) is 0 Å². The van der Waals surface area contributed by atoms with Crippen molar-refractivity contribution in [3.63, 3.8) is 0 Å². The molecule has 0 aliphatic rings. The van der Waals surface area contributed by atoms with Crippen LogP contribution < -0.4 is 10.1 Å². The number of benzene rings is 2. The molecule has 0 aliphatic carbocycles. The molecule has 0 radical (unpaired) electrons. The third kappa shape index (κ3) is 5.95. The smallest absolute Gasteiger partial charge is 0.308 e. The Hall–Kier alpha value is -2.82. The lowest BCUT2D eigenvalue weighted by molar-refractivity contribution is -0.141. The van der Waals surface area contributed by atoms with Crippen LogP contribution in [0.1, 0.15) is 16.7 Å². The second kappa shape index (κ2) is 8.87. The standard InChI is InChI=1S/C20H23NO4/c1-14-4-3-5-16(10-14)11-17(20(23)24)13-21-19(22)12-15-6-8-18(25-2)9-7-15/h3-10,17H,11-13H2,1-2H3,(H,21,22)(H,23,24). The first kappa shape index (κ1) is 18.5. The van der Waals surface area contributed by atoms with E-state index < -0.39 is 11.9 Å². The fourth-order valence-electron chi connectivity index (χ4n) is 2.60. The summed E-state index contributed by atoms with van der Waals surface area (Å²) >= 11 is 0. The zero-order valence-electron chi connectivity index (χ0n) is 14.5. The molecule has 2 aromatic rings. The van der Waals surface area contributed by atoms with E-state index in [2.05, 4.69) is 5.32 Å². The third-order valence-electron chi connectivity index (χ3n) is 3.98. The molecule has 0 spiro atoms. The van der Waals surface area contributed by atoms with Crippen molar-refractivity contribution in [2.75, 3.05) is 13.7 Å². The molecule has 2 rings (SSSR count). The maximum Gasteiger partial charge on any atom is 0.308 e. The van der Waals surface area contributed by atoms with E-state index in [1.807, 2.05) is 43.3 Å². The van der Waals surface area contributed by atoms with Crippen molar-refractivity contribution in [1.82, 2.24) is 5.32 Å². The van der Waals surface area contributed by atoms with Crippen LogP contribution >= 0.6 is 0 Å². The Labute approximate surface area is 147 Å². The number of aryl methyl sites for hydroxylation is 1. The molecule has 1 amide bonds. The zero-order chi connectivity index (χ0) is 18.2. The lowest BCUT2D eigenvalue weighted by Gasteiger charge is -2.14. The van der Waals surface area contributed by atoms with Gasteiger partial charge in [-0.3, -0.25) is 9.59 Å². The minimum Gasteiger partial charge on any atom is -0.497 e. The van der Waals surface area contributed by atoms with E-state index in [-0.39, 0.29) is 18.9 Å². The lowest BCUT2D eigenvalue weighted by atomic mass is 9.98. The number of aliphatic carboxylic acids is 1. The van der Waals surface area contributed by atoms with Gasteiger partial charge in [-0.15, -0.1) is 0 Å². The Morgan fingerprint density at radius 2 is 1.84 bits per heavy atom. The number of hydrogen-bond donors (Lipinski definition) is 2. The summed E-state index contributed by atoms with van der Waals surface area (Å²) < 4.78 is 5.08. The molecule has 0 aliphatic heterocycles. The average molecular weight is 341 g/mol. The van der Waals surface area contributed by atoms with Gasteiger partial charge in [0, 0.05) is 6.54 Å². The molecule has 5 nitrogen and oxygen atoms in total. The van der Waals surface area contributed by atoms with Gasteiger partial charge in [-0.05, 0) is 36.6 Å². The van der Waals surface area contributed by atoms with Crippen molar-refractivity contribution in [3.05, 3.63) is 65.2 Å². The third-order valence-corrected chi connectivity index (χ3v) is 3.98. The van der Waals surface area contributed by atoms with E-state index in [1.54, 1.807) is 19.2 Å². The highest BCUT2D eigenvalue weighted by atomic mass is 16.5. The van der Waals surface area contributed by atoms with E-state index in [0.29, 0.717) is 6.42 Å². The summed E-state index contributed by atoms with van der Waals surface area (Å²) in [5.74, 6) is -1.03. The highest BCUT2D eigenvalue weighted by molar-refractivity contribution is 5.79. The van der Waals surface area contributed by atoms with Crippen LogP contribution in [0, 0.1) is 12.8 Å². The quantitative estimate of drug-likeness (QED) is 0.774. The van der Waals surface area contributed by atoms with E-state index in [4.69, 9.17) is 4.74 Å². The molecule has 0 fully saturated rings. The molecule has 2 N–H and O–H groups in total. The van der Waals surface area contributed by atoms with E-state index >= 15 is 0 Å². The molecule has 2 aromatic carbocycles. The first-order valence-electron chi connectivity index (χ1n) is 8.16. The van der Waals surface area contributed by atoms with Crippen LogP contribution in [0.5, 0.6) is 5.75 Å². The number of nitrogens with one attached hydrogen (secondary N) is 1. The Morgan fingerprint density at radius 3 is 2.44 bits per heavy atom. The van der Waals surface area contributed by atoms with Gasteiger partial charge in [0.2, 0.25) is 5.91 Å². The van der Waals surface area contributed by atoms with Gasteiger partial charge in [0.25, 0.3) is 0 Å². The number of hydrogen-bond acceptors (Lipinski definition) is 3. The van der Waals surface area contributed by atoms with Crippen LogP contribution in [0.15, 0.2) is 48.5 Å². The Morgan fingerprint density at radius 1 is 1.12 bits per heavy atom. The maximum absolute atomic E-state index is 12.1. The lowest BCUT2D eigenvalue weighted by Crippen LogP contribution is -2.34.